The first-order valence-corrected chi connectivity index (χ1v) is 8.81. The van der Waals surface area contributed by atoms with Crippen molar-refractivity contribution in [1.82, 2.24) is 0 Å². The summed E-state index contributed by atoms with van der Waals surface area (Å²) >= 11 is 18.1. The monoisotopic (exact) mass is 396 g/mol. The molecule has 2 aromatic carbocycles. The van der Waals surface area contributed by atoms with Crippen LogP contribution >= 0.6 is 34.8 Å². The number of hydrogen-bond acceptors (Lipinski definition) is 2. The number of anilines is 2. The maximum atomic E-state index is 12.5. The predicted octanol–water partition coefficient (Wildman–Crippen LogP) is 4.95. The smallest absolute Gasteiger partial charge is 0.229 e. The van der Waals surface area contributed by atoms with Gasteiger partial charge in [-0.25, -0.2) is 0 Å². The number of halogens is 3. The molecule has 1 saturated heterocycles. The zero-order valence-electron chi connectivity index (χ0n) is 13.4. The van der Waals surface area contributed by atoms with Gasteiger partial charge in [0, 0.05) is 28.7 Å². The first-order valence-electron chi connectivity index (χ1n) is 7.67. The highest BCUT2D eigenvalue weighted by atomic mass is 35.5. The van der Waals surface area contributed by atoms with Gasteiger partial charge in [-0.3, -0.25) is 9.59 Å². The second-order valence-electron chi connectivity index (χ2n) is 5.95. The van der Waals surface area contributed by atoms with Gasteiger partial charge in [-0.15, -0.1) is 0 Å². The Balaban J connectivity index is 1.75. The van der Waals surface area contributed by atoms with Gasteiger partial charge in [-0.05, 0) is 48.9 Å². The molecule has 2 amide bonds. The number of amides is 2. The summed E-state index contributed by atoms with van der Waals surface area (Å²) in [6.07, 6.45) is 0.126. The molecule has 1 aliphatic heterocycles. The van der Waals surface area contributed by atoms with E-state index in [9.17, 15) is 9.59 Å². The number of nitrogens with one attached hydrogen (secondary N) is 1. The molecule has 1 fully saturated rings. The minimum Gasteiger partial charge on any atom is -0.326 e. The number of hydrogen-bond donors (Lipinski definition) is 1. The molecule has 1 atom stereocenters. The number of aryl methyl sites for hydroxylation is 1. The lowest BCUT2D eigenvalue weighted by atomic mass is 10.1. The average molecular weight is 398 g/mol. The van der Waals surface area contributed by atoms with Crippen LogP contribution in [0.5, 0.6) is 0 Å². The van der Waals surface area contributed by atoms with Crippen molar-refractivity contribution in [2.75, 3.05) is 16.8 Å². The van der Waals surface area contributed by atoms with E-state index in [0.29, 0.717) is 26.4 Å². The van der Waals surface area contributed by atoms with Crippen LogP contribution in [-0.4, -0.2) is 18.4 Å². The molecule has 0 radical (unpaired) electrons. The number of benzene rings is 2. The summed E-state index contributed by atoms with van der Waals surface area (Å²) in [7, 11) is 0. The van der Waals surface area contributed by atoms with Crippen molar-refractivity contribution in [3.8, 4) is 0 Å². The molecule has 25 heavy (non-hydrogen) atoms. The van der Waals surface area contributed by atoms with Crippen LogP contribution in [0.4, 0.5) is 11.4 Å². The van der Waals surface area contributed by atoms with Gasteiger partial charge in [-0.1, -0.05) is 34.8 Å². The summed E-state index contributed by atoms with van der Waals surface area (Å²) in [6, 6.07) is 10.2. The number of carbonyl (C=O) groups excluding carboxylic acids is 2. The Labute approximate surface area is 160 Å². The van der Waals surface area contributed by atoms with Gasteiger partial charge in [0.25, 0.3) is 0 Å². The van der Waals surface area contributed by atoms with Crippen LogP contribution < -0.4 is 10.2 Å². The largest absolute Gasteiger partial charge is 0.326 e. The fourth-order valence-corrected chi connectivity index (χ4v) is 3.42. The Morgan fingerprint density at radius 2 is 1.80 bits per heavy atom. The van der Waals surface area contributed by atoms with E-state index in [1.54, 1.807) is 36.4 Å². The molecule has 0 aromatic heterocycles. The second-order valence-corrected chi connectivity index (χ2v) is 7.23. The highest BCUT2D eigenvalue weighted by Crippen LogP contribution is 2.34. The summed E-state index contributed by atoms with van der Waals surface area (Å²) in [5.74, 6) is -0.825. The van der Waals surface area contributed by atoms with Crippen LogP contribution in [0, 0.1) is 12.8 Å². The Hall–Kier alpha value is -1.75. The topological polar surface area (TPSA) is 49.4 Å². The van der Waals surface area contributed by atoms with Crippen molar-refractivity contribution < 1.29 is 9.59 Å². The molecule has 4 nitrogen and oxygen atoms in total. The van der Waals surface area contributed by atoms with Gasteiger partial charge in [0.05, 0.1) is 16.6 Å². The van der Waals surface area contributed by atoms with Crippen molar-refractivity contribution >= 4 is 58.0 Å². The number of nitrogens with zero attached hydrogens (tertiary/aromatic N) is 1. The van der Waals surface area contributed by atoms with Crippen LogP contribution in [0.1, 0.15) is 12.0 Å². The quantitative estimate of drug-likeness (QED) is 0.797. The third-order valence-corrected chi connectivity index (χ3v) is 4.93. The van der Waals surface area contributed by atoms with Gasteiger partial charge < -0.3 is 10.2 Å². The van der Waals surface area contributed by atoms with Crippen molar-refractivity contribution in [2.45, 2.75) is 13.3 Å². The standard InChI is InChI=1S/C18H15Cl3N2O2/c1-10-6-12(19)3-5-15(10)22-18(25)11-7-17(24)23(9-11)16-8-13(20)2-4-14(16)21/h2-6,8,11H,7,9H2,1H3,(H,22,25). The third kappa shape index (κ3) is 3.92. The molecule has 0 spiro atoms. The lowest BCUT2D eigenvalue weighted by Crippen LogP contribution is -2.28. The Morgan fingerprint density at radius 3 is 2.52 bits per heavy atom. The van der Waals surface area contributed by atoms with E-state index in [1.165, 1.54) is 4.90 Å². The third-order valence-electron chi connectivity index (χ3n) is 4.14. The molecule has 130 valence electrons. The van der Waals surface area contributed by atoms with E-state index in [0.717, 1.165) is 5.56 Å². The molecular formula is C18H15Cl3N2O2. The number of rotatable bonds is 3. The normalized spacial score (nSPS) is 17.0. The summed E-state index contributed by atoms with van der Waals surface area (Å²) < 4.78 is 0. The molecule has 7 heteroatoms. The fraction of sp³-hybridized carbons (Fsp3) is 0.222. The second kappa shape index (κ2) is 7.24. The Morgan fingerprint density at radius 1 is 1.12 bits per heavy atom. The van der Waals surface area contributed by atoms with Crippen LogP contribution in [0.3, 0.4) is 0 Å². The predicted molar refractivity (Wildman–Crippen MR) is 102 cm³/mol. The van der Waals surface area contributed by atoms with Gasteiger partial charge in [0.2, 0.25) is 11.8 Å². The lowest BCUT2D eigenvalue weighted by molar-refractivity contribution is -0.122. The molecular weight excluding hydrogens is 383 g/mol. The van der Waals surface area contributed by atoms with Crippen LogP contribution in [0.25, 0.3) is 0 Å². The highest BCUT2D eigenvalue weighted by molar-refractivity contribution is 6.36. The van der Waals surface area contributed by atoms with E-state index >= 15 is 0 Å². The Kier molecular flexibility index (Phi) is 5.23. The molecule has 2 aromatic rings. The zero-order valence-corrected chi connectivity index (χ0v) is 15.6. The molecule has 1 heterocycles. The molecule has 1 N–H and O–H groups in total. The first kappa shape index (κ1) is 18.1. The van der Waals surface area contributed by atoms with E-state index < -0.39 is 5.92 Å². The molecule has 3 rings (SSSR count). The minimum absolute atomic E-state index is 0.126. The van der Waals surface area contributed by atoms with Crippen LogP contribution in [-0.2, 0) is 9.59 Å². The summed E-state index contributed by atoms with van der Waals surface area (Å²) in [4.78, 5) is 26.4. The van der Waals surface area contributed by atoms with Crippen molar-refractivity contribution in [2.24, 2.45) is 5.92 Å². The maximum absolute atomic E-state index is 12.5. The summed E-state index contributed by atoms with van der Waals surface area (Å²) in [5.41, 5.74) is 2.07. The molecule has 0 aliphatic carbocycles. The molecule has 1 unspecified atom stereocenters. The van der Waals surface area contributed by atoms with Crippen molar-refractivity contribution in [3.63, 3.8) is 0 Å². The SMILES string of the molecule is Cc1cc(Cl)ccc1NC(=O)C1CC(=O)N(c2cc(Cl)ccc2Cl)C1. The first-order chi connectivity index (χ1) is 11.8. The van der Waals surface area contributed by atoms with E-state index in [-0.39, 0.29) is 24.8 Å². The number of carbonyl (C=O) groups is 2. The van der Waals surface area contributed by atoms with E-state index in [1.807, 2.05) is 6.92 Å². The minimum atomic E-state index is -0.461. The van der Waals surface area contributed by atoms with Gasteiger partial charge >= 0.3 is 0 Å². The zero-order chi connectivity index (χ0) is 18.1. The molecule has 0 saturated carbocycles. The fourth-order valence-electron chi connectivity index (χ4n) is 2.81. The van der Waals surface area contributed by atoms with Crippen LogP contribution in [0.2, 0.25) is 15.1 Å². The van der Waals surface area contributed by atoms with Crippen LogP contribution in [0.15, 0.2) is 36.4 Å². The van der Waals surface area contributed by atoms with E-state index in [4.69, 9.17) is 34.8 Å². The summed E-state index contributed by atoms with van der Waals surface area (Å²) in [5, 5.41) is 4.37. The molecule has 0 bridgehead atoms. The molecule has 1 aliphatic rings. The highest BCUT2D eigenvalue weighted by Gasteiger charge is 2.36. The maximum Gasteiger partial charge on any atom is 0.229 e. The van der Waals surface area contributed by atoms with Crippen molar-refractivity contribution in [3.05, 3.63) is 57.0 Å². The average Bonchev–Trinajstić information content (AvgIpc) is 2.94. The van der Waals surface area contributed by atoms with Crippen molar-refractivity contribution in [1.29, 1.82) is 0 Å². The lowest BCUT2D eigenvalue weighted by Gasteiger charge is -2.18. The van der Waals surface area contributed by atoms with Gasteiger partial charge in [0.15, 0.2) is 0 Å². The summed E-state index contributed by atoms with van der Waals surface area (Å²) in [6.45, 7) is 2.12. The Bertz CT molecular complexity index is 854. The van der Waals surface area contributed by atoms with E-state index in [2.05, 4.69) is 5.32 Å². The van der Waals surface area contributed by atoms with Gasteiger partial charge in [0.1, 0.15) is 0 Å². The van der Waals surface area contributed by atoms with Gasteiger partial charge in [-0.2, -0.15) is 0 Å².